The number of benzene rings is 1. The summed E-state index contributed by atoms with van der Waals surface area (Å²) in [5.41, 5.74) is 8.32. The predicted octanol–water partition coefficient (Wildman–Crippen LogP) is 1.94. The molecule has 1 heterocycles. The number of nitrogens with one attached hydrogen (secondary N) is 1. The number of ether oxygens (including phenoxy) is 1. The van der Waals surface area contributed by atoms with Gasteiger partial charge in [0.05, 0.1) is 7.11 Å². The van der Waals surface area contributed by atoms with Crippen molar-refractivity contribution >= 4 is 17.5 Å². The van der Waals surface area contributed by atoms with Crippen LogP contribution < -0.4 is 15.8 Å². The minimum Gasteiger partial charge on any atom is -0.481 e. The smallest absolute Gasteiger partial charge is 0.258 e. The largest absolute Gasteiger partial charge is 0.481 e. The van der Waals surface area contributed by atoms with E-state index in [1.807, 2.05) is 6.92 Å². The molecule has 0 saturated heterocycles. The Balaban J connectivity index is 2.25. The Kier molecular flexibility index (Phi) is 3.84. The van der Waals surface area contributed by atoms with Crippen molar-refractivity contribution < 1.29 is 9.53 Å². The highest BCUT2D eigenvalue weighted by molar-refractivity contribution is 6.04. The number of carbonyl (C=O) groups is 1. The molecule has 0 fully saturated rings. The summed E-state index contributed by atoms with van der Waals surface area (Å²) in [7, 11) is 1.51. The van der Waals surface area contributed by atoms with E-state index in [-0.39, 0.29) is 11.9 Å². The van der Waals surface area contributed by atoms with Gasteiger partial charge in [-0.3, -0.25) is 10.1 Å². The van der Waals surface area contributed by atoms with Gasteiger partial charge in [-0.1, -0.05) is 0 Å². The van der Waals surface area contributed by atoms with E-state index in [1.165, 1.54) is 7.11 Å². The molecule has 0 radical (unpaired) electrons. The maximum absolute atomic E-state index is 12.2. The van der Waals surface area contributed by atoms with Crippen molar-refractivity contribution in [3.8, 4) is 5.88 Å². The molecule has 1 aromatic heterocycles. The molecule has 0 saturated carbocycles. The third-order valence-electron chi connectivity index (χ3n) is 2.76. The van der Waals surface area contributed by atoms with Gasteiger partial charge in [0.2, 0.25) is 11.8 Å². The van der Waals surface area contributed by atoms with Gasteiger partial charge in [-0.25, -0.2) is 4.98 Å². The third kappa shape index (κ3) is 3.03. The summed E-state index contributed by atoms with van der Waals surface area (Å²) in [6, 6.07) is 6.78. The topological polar surface area (TPSA) is 90.1 Å². The van der Waals surface area contributed by atoms with E-state index < -0.39 is 0 Å². The molecule has 6 heteroatoms. The third-order valence-corrected chi connectivity index (χ3v) is 2.76. The van der Waals surface area contributed by atoms with Gasteiger partial charge in [-0.2, -0.15) is 4.98 Å². The SMILES string of the molecule is COc1cc(C)nc(NC(=O)c2ccc(N)cc2C)n1. The van der Waals surface area contributed by atoms with Gasteiger partial charge < -0.3 is 10.5 Å². The van der Waals surface area contributed by atoms with Crippen LogP contribution in [0.25, 0.3) is 0 Å². The van der Waals surface area contributed by atoms with E-state index >= 15 is 0 Å². The Morgan fingerprint density at radius 1 is 1.25 bits per heavy atom. The number of amides is 1. The number of aromatic nitrogens is 2. The van der Waals surface area contributed by atoms with Crippen LogP contribution in [0.2, 0.25) is 0 Å². The molecule has 1 amide bonds. The normalized spacial score (nSPS) is 10.2. The number of rotatable bonds is 3. The highest BCUT2D eigenvalue weighted by Gasteiger charge is 2.12. The van der Waals surface area contributed by atoms with Crippen LogP contribution in [0.4, 0.5) is 11.6 Å². The summed E-state index contributed by atoms with van der Waals surface area (Å²) in [4.78, 5) is 20.4. The quantitative estimate of drug-likeness (QED) is 0.833. The first-order chi connectivity index (χ1) is 9.49. The predicted molar refractivity (Wildman–Crippen MR) is 76.9 cm³/mol. The van der Waals surface area contributed by atoms with Crippen molar-refractivity contribution in [3.05, 3.63) is 41.1 Å². The summed E-state index contributed by atoms with van der Waals surface area (Å²) >= 11 is 0. The first kappa shape index (κ1) is 13.8. The van der Waals surface area contributed by atoms with Crippen molar-refractivity contribution in [2.75, 3.05) is 18.2 Å². The van der Waals surface area contributed by atoms with Gasteiger partial charge in [-0.05, 0) is 37.6 Å². The summed E-state index contributed by atoms with van der Waals surface area (Å²) in [6.07, 6.45) is 0. The lowest BCUT2D eigenvalue weighted by Crippen LogP contribution is -2.16. The fraction of sp³-hybridized carbons (Fsp3) is 0.214. The van der Waals surface area contributed by atoms with Crippen LogP contribution in [0, 0.1) is 13.8 Å². The zero-order valence-corrected chi connectivity index (χ0v) is 11.6. The van der Waals surface area contributed by atoms with Crippen LogP contribution in [0.3, 0.4) is 0 Å². The minimum atomic E-state index is -0.282. The van der Waals surface area contributed by atoms with Crippen molar-refractivity contribution in [2.24, 2.45) is 0 Å². The number of hydrogen-bond donors (Lipinski definition) is 2. The Bertz CT molecular complexity index is 656. The fourth-order valence-corrected chi connectivity index (χ4v) is 1.81. The first-order valence-electron chi connectivity index (χ1n) is 6.06. The molecule has 0 bridgehead atoms. The van der Waals surface area contributed by atoms with Gasteiger partial charge in [0.15, 0.2) is 0 Å². The number of carbonyl (C=O) groups excluding carboxylic acids is 1. The van der Waals surface area contributed by atoms with E-state index in [0.29, 0.717) is 22.8 Å². The van der Waals surface area contributed by atoms with Crippen LogP contribution in [-0.2, 0) is 0 Å². The van der Waals surface area contributed by atoms with E-state index in [2.05, 4.69) is 15.3 Å². The average Bonchev–Trinajstić information content (AvgIpc) is 2.37. The standard InChI is InChI=1S/C14H16N4O2/c1-8-6-10(15)4-5-11(8)13(19)18-14-16-9(2)7-12(17-14)20-3/h4-7H,15H2,1-3H3,(H,16,17,18,19). The first-order valence-corrected chi connectivity index (χ1v) is 6.06. The van der Waals surface area contributed by atoms with Gasteiger partial charge in [-0.15, -0.1) is 0 Å². The summed E-state index contributed by atoms with van der Waals surface area (Å²) < 4.78 is 5.04. The monoisotopic (exact) mass is 272 g/mol. The van der Waals surface area contributed by atoms with E-state index in [0.717, 1.165) is 5.56 Å². The highest BCUT2D eigenvalue weighted by atomic mass is 16.5. The molecule has 1 aromatic carbocycles. The number of nitrogens with zero attached hydrogens (tertiary/aromatic N) is 2. The molecule has 0 spiro atoms. The lowest BCUT2D eigenvalue weighted by atomic mass is 10.1. The Morgan fingerprint density at radius 2 is 2.00 bits per heavy atom. The van der Waals surface area contributed by atoms with Crippen molar-refractivity contribution in [2.45, 2.75) is 13.8 Å². The maximum atomic E-state index is 12.2. The highest BCUT2D eigenvalue weighted by Crippen LogP contribution is 2.15. The number of nitrogen functional groups attached to an aromatic ring is 1. The van der Waals surface area contributed by atoms with E-state index in [9.17, 15) is 4.79 Å². The zero-order valence-electron chi connectivity index (χ0n) is 11.6. The molecular formula is C14H16N4O2. The zero-order chi connectivity index (χ0) is 14.7. The molecule has 104 valence electrons. The van der Waals surface area contributed by atoms with Crippen molar-refractivity contribution in [1.29, 1.82) is 0 Å². The second-order valence-electron chi connectivity index (χ2n) is 4.40. The Hall–Kier alpha value is -2.63. The molecule has 6 nitrogen and oxygen atoms in total. The number of hydrogen-bond acceptors (Lipinski definition) is 5. The minimum absolute atomic E-state index is 0.211. The molecular weight excluding hydrogens is 256 g/mol. The lowest BCUT2D eigenvalue weighted by Gasteiger charge is -2.08. The van der Waals surface area contributed by atoms with Gasteiger partial charge in [0.1, 0.15) is 0 Å². The Labute approximate surface area is 117 Å². The molecule has 20 heavy (non-hydrogen) atoms. The Morgan fingerprint density at radius 3 is 2.65 bits per heavy atom. The van der Waals surface area contributed by atoms with Gasteiger partial charge in [0, 0.05) is 23.0 Å². The van der Waals surface area contributed by atoms with Gasteiger partial charge in [0.25, 0.3) is 5.91 Å². The number of aryl methyl sites for hydroxylation is 2. The van der Waals surface area contributed by atoms with E-state index in [1.54, 1.807) is 31.2 Å². The number of anilines is 2. The van der Waals surface area contributed by atoms with Crippen molar-refractivity contribution in [1.82, 2.24) is 9.97 Å². The summed E-state index contributed by atoms with van der Waals surface area (Å²) in [5, 5.41) is 2.65. The average molecular weight is 272 g/mol. The van der Waals surface area contributed by atoms with Crippen molar-refractivity contribution in [3.63, 3.8) is 0 Å². The molecule has 0 atom stereocenters. The molecule has 0 aliphatic rings. The maximum Gasteiger partial charge on any atom is 0.258 e. The summed E-state index contributed by atoms with van der Waals surface area (Å²) in [5.74, 6) is 0.333. The molecule has 2 rings (SSSR count). The van der Waals surface area contributed by atoms with Gasteiger partial charge >= 0.3 is 0 Å². The lowest BCUT2D eigenvalue weighted by molar-refractivity contribution is 0.102. The molecule has 3 N–H and O–H groups in total. The molecule has 0 unspecified atom stereocenters. The van der Waals surface area contributed by atoms with Crippen LogP contribution >= 0.6 is 0 Å². The summed E-state index contributed by atoms with van der Waals surface area (Å²) in [6.45, 7) is 3.62. The molecule has 0 aliphatic heterocycles. The number of nitrogens with two attached hydrogens (primary N) is 1. The van der Waals surface area contributed by atoms with Crippen LogP contribution in [-0.4, -0.2) is 23.0 Å². The van der Waals surface area contributed by atoms with Crippen LogP contribution in [0.5, 0.6) is 5.88 Å². The second-order valence-corrected chi connectivity index (χ2v) is 4.40. The van der Waals surface area contributed by atoms with Crippen LogP contribution in [0.1, 0.15) is 21.6 Å². The van der Waals surface area contributed by atoms with Crippen LogP contribution in [0.15, 0.2) is 24.3 Å². The van der Waals surface area contributed by atoms with E-state index in [4.69, 9.17) is 10.5 Å². The molecule has 0 aliphatic carbocycles. The second kappa shape index (κ2) is 5.56. The molecule has 2 aromatic rings. The fourth-order valence-electron chi connectivity index (χ4n) is 1.81. The number of methoxy groups -OCH3 is 1.